The second-order valence-electron chi connectivity index (χ2n) is 5.60. The molecule has 5 heteroatoms. The van der Waals surface area contributed by atoms with Crippen LogP contribution in [0.4, 0.5) is 0 Å². The zero-order valence-corrected chi connectivity index (χ0v) is 13.0. The van der Waals surface area contributed by atoms with Crippen molar-refractivity contribution in [1.82, 2.24) is 10.0 Å². The largest absolute Gasteiger partial charge is 0.313 e. The van der Waals surface area contributed by atoms with E-state index in [2.05, 4.69) is 17.0 Å². The first-order valence-corrected chi connectivity index (χ1v) is 8.94. The van der Waals surface area contributed by atoms with Crippen LogP contribution in [0.5, 0.6) is 0 Å². The van der Waals surface area contributed by atoms with E-state index >= 15 is 0 Å². The summed E-state index contributed by atoms with van der Waals surface area (Å²) in [7, 11) is -3.23. The van der Waals surface area contributed by atoms with Crippen LogP contribution in [-0.4, -0.2) is 21.0 Å². The van der Waals surface area contributed by atoms with E-state index in [0.717, 1.165) is 31.5 Å². The van der Waals surface area contributed by atoms with Crippen molar-refractivity contribution in [2.75, 3.05) is 6.54 Å². The van der Waals surface area contributed by atoms with E-state index in [9.17, 15) is 8.42 Å². The topological polar surface area (TPSA) is 58.2 Å². The third-order valence-electron chi connectivity index (χ3n) is 3.65. The molecule has 4 nitrogen and oxygen atoms in total. The molecule has 1 aromatic rings. The van der Waals surface area contributed by atoms with E-state index in [1.54, 1.807) is 0 Å². The molecule has 1 aliphatic rings. The molecule has 0 aliphatic heterocycles. The van der Waals surface area contributed by atoms with Crippen molar-refractivity contribution in [1.29, 1.82) is 0 Å². The molecule has 1 saturated carbocycles. The Morgan fingerprint density at radius 1 is 1.20 bits per heavy atom. The molecule has 20 heavy (non-hydrogen) atoms. The van der Waals surface area contributed by atoms with Crippen LogP contribution in [0, 0.1) is 5.92 Å². The fourth-order valence-corrected chi connectivity index (χ4v) is 3.73. The number of hydrogen-bond acceptors (Lipinski definition) is 3. The molecule has 2 N–H and O–H groups in total. The molecule has 0 heterocycles. The van der Waals surface area contributed by atoms with Crippen molar-refractivity contribution in [3.05, 3.63) is 35.4 Å². The molecule has 112 valence electrons. The van der Waals surface area contributed by atoms with Gasteiger partial charge in [0.05, 0.1) is 5.75 Å². The summed E-state index contributed by atoms with van der Waals surface area (Å²) in [6, 6.07) is 7.82. The molecule has 0 aromatic heterocycles. The van der Waals surface area contributed by atoms with Gasteiger partial charge in [-0.2, -0.15) is 0 Å². The van der Waals surface area contributed by atoms with Gasteiger partial charge in [-0.1, -0.05) is 31.2 Å². The smallest absolute Gasteiger partial charge is 0.216 e. The van der Waals surface area contributed by atoms with E-state index < -0.39 is 10.0 Å². The summed E-state index contributed by atoms with van der Waals surface area (Å²) in [5.74, 6) is 0.596. The van der Waals surface area contributed by atoms with Gasteiger partial charge in [-0.15, -0.1) is 0 Å². The Labute approximate surface area is 122 Å². The van der Waals surface area contributed by atoms with Crippen LogP contribution in [0.1, 0.15) is 37.8 Å². The van der Waals surface area contributed by atoms with Gasteiger partial charge >= 0.3 is 0 Å². The highest BCUT2D eigenvalue weighted by atomic mass is 32.2. The van der Waals surface area contributed by atoms with E-state index in [1.165, 1.54) is 5.56 Å². The van der Waals surface area contributed by atoms with Crippen molar-refractivity contribution in [2.45, 2.75) is 45.0 Å². The van der Waals surface area contributed by atoms with Crippen LogP contribution in [0.15, 0.2) is 24.3 Å². The standard InChI is InChI=1S/C15H24N2O2S/c1-3-16-10-13-4-6-14(7-5-13)11-20(18,19)17-12(2)15-8-9-15/h4-7,12,15-17H,3,8-11H2,1-2H3. The summed E-state index contributed by atoms with van der Waals surface area (Å²) in [5.41, 5.74) is 2.01. The Kier molecular flexibility index (Phi) is 5.18. The Morgan fingerprint density at radius 2 is 1.80 bits per heavy atom. The average molecular weight is 296 g/mol. The number of benzene rings is 1. The van der Waals surface area contributed by atoms with Crippen LogP contribution < -0.4 is 10.0 Å². The monoisotopic (exact) mass is 296 g/mol. The van der Waals surface area contributed by atoms with Crippen LogP contribution in [0.25, 0.3) is 0 Å². The Bertz CT molecular complexity index is 521. The molecule has 0 bridgehead atoms. The lowest BCUT2D eigenvalue weighted by atomic mass is 10.1. The van der Waals surface area contributed by atoms with Gasteiger partial charge in [-0.25, -0.2) is 13.1 Å². The first-order valence-electron chi connectivity index (χ1n) is 7.28. The number of rotatable bonds is 8. The maximum absolute atomic E-state index is 12.1. The molecule has 1 fully saturated rings. The molecule has 0 saturated heterocycles. The molecule has 0 spiro atoms. The minimum Gasteiger partial charge on any atom is -0.313 e. The third kappa shape index (κ3) is 4.89. The lowest BCUT2D eigenvalue weighted by molar-refractivity contribution is 0.537. The maximum atomic E-state index is 12.1. The Balaban J connectivity index is 1.90. The molecule has 0 amide bonds. The molecule has 1 aromatic carbocycles. The summed E-state index contributed by atoms with van der Waals surface area (Å²) in [6.07, 6.45) is 2.28. The zero-order valence-electron chi connectivity index (χ0n) is 12.2. The predicted octanol–water partition coefficient (Wildman–Crippen LogP) is 2.01. The van der Waals surface area contributed by atoms with Crippen LogP contribution in [0.2, 0.25) is 0 Å². The Hall–Kier alpha value is -0.910. The minimum atomic E-state index is -3.23. The summed E-state index contributed by atoms with van der Waals surface area (Å²) in [6.45, 7) is 5.77. The summed E-state index contributed by atoms with van der Waals surface area (Å²) < 4.78 is 26.9. The van der Waals surface area contributed by atoms with Crippen LogP contribution in [0.3, 0.4) is 0 Å². The van der Waals surface area contributed by atoms with Crippen LogP contribution in [-0.2, 0) is 22.3 Å². The quantitative estimate of drug-likeness (QED) is 0.771. The van der Waals surface area contributed by atoms with Gasteiger partial charge in [-0.3, -0.25) is 0 Å². The van der Waals surface area contributed by atoms with Crippen molar-refractivity contribution < 1.29 is 8.42 Å². The molecule has 2 rings (SSSR count). The number of hydrogen-bond donors (Lipinski definition) is 2. The van der Waals surface area contributed by atoms with Gasteiger partial charge in [0.25, 0.3) is 0 Å². The highest BCUT2D eigenvalue weighted by Gasteiger charge is 2.30. The molecule has 0 radical (unpaired) electrons. The van der Waals surface area contributed by atoms with Crippen molar-refractivity contribution in [3.63, 3.8) is 0 Å². The molecule has 1 atom stereocenters. The van der Waals surface area contributed by atoms with Gasteiger partial charge in [0.15, 0.2) is 0 Å². The fraction of sp³-hybridized carbons (Fsp3) is 0.600. The average Bonchev–Trinajstić information content (AvgIpc) is 3.21. The molecule has 1 unspecified atom stereocenters. The second kappa shape index (κ2) is 6.70. The Morgan fingerprint density at radius 3 is 2.35 bits per heavy atom. The first-order chi connectivity index (χ1) is 9.50. The van der Waals surface area contributed by atoms with Gasteiger partial charge in [0.1, 0.15) is 0 Å². The summed E-state index contributed by atoms with van der Waals surface area (Å²) >= 11 is 0. The van der Waals surface area contributed by atoms with Gasteiger partial charge < -0.3 is 5.32 Å². The van der Waals surface area contributed by atoms with Gasteiger partial charge in [-0.05, 0) is 43.4 Å². The summed E-state index contributed by atoms with van der Waals surface area (Å²) in [4.78, 5) is 0. The zero-order chi connectivity index (χ0) is 14.6. The third-order valence-corrected chi connectivity index (χ3v) is 5.10. The van der Waals surface area contributed by atoms with E-state index in [4.69, 9.17) is 0 Å². The lowest BCUT2D eigenvalue weighted by Gasteiger charge is -2.13. The highest BCUT2D eigenvalue weighted by molar-refractivity contribution is 7.88. The van der Waals surface area contributed by atoms with Gasteiger partial charge in [0, 0.05) is 12.6 Å². The molecule has 1 aliphatic carbocycles. The van der Waals surface area contributed by atoms with Crippen molar-refractivity contribution in [3.8, 4) is 0 Å². The molecular formula is C15H24N2O2S. The normalized spacial score (nSPS) is 17.1. The number of sulfonamides is 1. The number of nitrogens with one attached hydrogen (secondary N) is 2. The first kappa shape index (κ1) is 15.5. The van der Waals surface area contributed by atoms with E-state index in [1.807, 2.05) is 31.2 Å². The fourth-order valence-electron chi connectivity index (χ4n) is 2.26. The van der Waals surface area contributed by atoms with E-state index in [-0.39, 0.29) is 11.8 Å². The second-order valence-corrected chi connectivity index (χ2v) is 7.35. The highest BCUT2D eigenvalue weighted by Crippen LogP contribution is 2.32. The van der Waals surface area contributed by atoms with E-state index in [0.29, 0.717) is 5.92 Å². The summed E-state index contributed by atoms with van der Waals surface area (Å²) in [5, 5.41) is 3.25. The molecular weight excluding hydrogens is 272 g/mol. The lowest BCUT2D eigenvalue weighted by Crippen LogP contribution is -2.34. The predicted molar refractivity (Wildman–Crippen MR) is 81.8 cm³/mol. The van der Waals surface area contributed by atoms with Crippen molar-refractivity contribution in [2.24, 2.45) is 5.92 Å². The minimum absolute atomic E-state index is 0.0611. The van der Waals surface area contributed by atoms with Gasteiger partial charge in [0.2, 0.25) is 10.0 Å². The SMILES string of the molecule is CCNCc1ccc(CS(=O)(=O)NC(C)C2CC2)cc1. The maximum Gasteiger partial charge on any atom is 0.216 e. The van der Waals surface area contributed by atoms with Crippen molar-refractivity contribution >= 4 is 10.0 Å². The van der Waals surface area contributed by atoms with Crippen LogP contribution >= 0.6 is 0 Å².